The normalized spacial score (nSPS) is 12.5. The fourth-order valence-corrected chi connectivity index (χ4v) is 2.64. The second kappa shape index (κ2) is 9.12. The summed E-state index contributed by atoms with van der Waals surface area (Å²) in [5.41, 5.74) is 6.53. The van der Waals surface area contributed by atoms with Gasteiger partial charge < -0.3 is 5.11 Å². The summed E-state index contributed by atoms with van der Waals surface area (Å²) >= 11 is 0. The summed E-state index contributed by atoms with van der Waals surface area (Å²) in [6.07, 6.45) is 7.24. The molecule has 0 amide bonds. The van der Waals surface area contributed by atoms with Crippen molar-refractivity contribution in [2.24, 2.45) is 0 Å². The zero-order valence-corrected chi connectivity index (χ0v) is 14.1. The van der Waals surface area contributed by atoms with Crippen molar-refractivity contribution < 1.29 is 5.11 Å². The topological polar surface area (TPSA) is 20.2 Å². The largest absolute Gasteiger partial charge is 0.392 e. The summed E-state index contributed by atoms with van der Waals surface area (Å²) in [7, 11) is 0. The lowest BCUT2D eigenvalue weighted by Gasteiger charge is -2.06. The van der Waals surface area contributed by atoms with Gasteiger partial charge in [0.25, 0.3) is 0 Å². The van der Waals surface area contributed by atoms with E-state index in [4.69, 9.17) is 5.11 Å². The lowest BCUT2D eigenvalue weighted by Crippen LogP contribution is -1.88. The van der Waals surface area contributed by atoms with E-state index in [0.717, 1.165) is 19.3 Å². The molecule has 0 aromatic heterocycles. The van der Waals surface area contributed by atoms with Gasteiger partial charge in [-0.2, -0.15) is 0 Å². The van der Waals surface area contributed by atoms with E-state index in [-0.39, 0.29) is 6.61 Å². The Morgan fingerprint density at radius 3 is 2.13 bits per heavy atom. The van der Waals surface area contributed by atoms with Crippen LogP contribution in [0.4, 0.5) is 0 Å². The highest BCUT2D eigenvalue weighted by atomic mass is 16.2. The van der Waals surface area contributed by atoms with Crippen LogP contribution in [0.2, 0.25) is 0 Å². The van der Waals surface area contributed by atoms with E-state index in [1.807, 2.05) is 12.1 Å². The van der Waals surface area contributed by atoms with E-state index in [1.165, 1.54) is 27.8 Å². The van der Waals surface area contributed by atoms with Crippen LogP contribution in [0.25, 0.3) is 11.1 Å². The predicted octanol–water partition coefficient (Wildman–Crippen LogP) is 5.56. The third kappa shape index (κ3) is 5.88. The molecule has 0 aliphatic carbocycles. The molecule has 0 spiro atoms. The van der Waals surface area contributed by atoms with Crippen molar-refractivity contribution in [3.05, 3.63) is 83.5 Å². The maximum Gasteiger partial charge on any atom is 0.0614 e. The molecule has 0 heterocycles. The highest BCUT2D eigenvalue weighted by Crippen LogP contribution is 2.20. The maximum atomic E-state index is 8.85. The van der Waals surface area contributed by atoms with Gasteiger partial charge in [0, 0.05) is 0 Å². The highest BCUT2D eigenvalue weighted by molar-refractivity contribution is 5.63. The van der Waals surface area contributed by atoms with E-state index in [9.17, 15) is 0 Å². The molecule has 1 heteroatoms. The van der Waals surface area contributed by atoms with E-state index >= 15 is 0 Å². The lowest BCUT2D eigenvalue weighted by molar-refractivity contribution is 0.341. The van der Waals surface area contributed by atoms with E-state index < -0.39 is 0 Å². The molecule has 0 aliphatic rings. The van der Waals surface area contributed by atoms with Crippen LogP contribution in [-0.2, 0) is 6.42 Å². The minimum Gasteiger partial charge on any atom is -0.392 e. The van der Waals surface area contributed by atoms with Crippen molar-refractivity contribution in [2.75, 3.05) is 6.61 Å². The highest BCUT2D eigenvalue weighted by Gasteiger charge is 1.99. The molecule has 0 bridgehead atoms. The first-order valence-corrected chi connectivity index (χ1v) is 8.25. The first-order chi connectivity index (χ1) is 11.2. The molecular weight excluding hydrogens is 280 g/mol. The van der Waals surface area contributed by atoms with Crippen LogP contribution in [0, 0.1) is 0 Å². The molecule has 0 saturated heterocycles. The minimum absolute atomic E-state index is 0.141. The maximum absolute atomic E-state index is 8.85. The summed E-state index contributed by atoms with van der Waals surface area (Å²) in [6.45, 7) is 4.40. The monoisotopic (exact) mass is 306 g/mol. The zero-order valence-electron chi connectivity index (χ0n) is 14.1. The van der Waals surface area contributed by atoms with Crippen molar-refractivity contribution >= 4 is 0 Å². The summed E-state index contributed by atoms with van der Waals surface area (Å²) in [5, 5.41) is 8.85. The van der Waals surface area contributed by atoms with Crippen LogP contribution in [0.1, 0.15) is 32.3 Å². The second-order valence-corrected chi connectivity index (χ2v) is 6.06. The number of hydrogen-bond donors (Lipinski definition) is 1. The molecule has 2 aromatic carbocycles. The molecule has 0 fully saturated rings. The standard InChI is InChI=1S/C22H26O/c1-18(15-16-23)7-6-8-19(2)17-20-11-13-22(14-12-20)21-9-4-3-5-10-21/h3-5,8-15,23H,6-7,16-17H2,1-2H3/b18-15+,19-8+. The van der Waals surface area contributed by atoms with E-state index in [2.05, 4.69) is 68.5 Å². The molecule has 2 rings (SSSR count). The number of hydrogen-bond acceptors (Lipinski definition) is 1. The lowest BCUT2D eigenvalue weighted by atomic mass is 10.00. The van der Waals surface area contributed by atoms with Crippen LogP contribution >= 0.6 is 0 Å². The average molecular weight is 306 g/mol. The van der Waals surface area contributed by atoms with Crippen molar-refractivity contribution in [1.29, 1.82) is 0 Å². The Labute approximate surface area is 140 Å². The molecular formula is C22H26O. The fraction of sp³-hybridized carbons (Fsp3) is 0.273. The van der Waals surface area contributed by atoms with Crippen LogP contribution in [0.15, 0.2) is 77.9 Å². The van der Waals surface area contributed by atoms with Crippen molar-refractivity contribution in [2.45, 2.75) is 33.1 Å². The predicted molar refractivity (Wildman–Crippen MR) is 99.4 cm³/mol. The Morgan fingerprint density at radius 1 is 0.826 bits per heavy atom. The van der Waals surface area contributed by atoms with Crippen molar-refractivity contribution in [3.63, 3.8) is 0 Å². The van der Waals surface area contributed by atoms with E-state index in [0.29, 0.717) is 0 Å². The van der Waals surface area contributed by atoms with Crippen LogP contribution < -0.4 is 0 Å². The summed E-state index contributed by atoms with van der Waals surface area (Å²) < 4.78 is 0. The smallest absolute Gasteiger partial charge is 0.0614 e. The molecule has 2 aromatic rings. The van der Waals surface area contributed by atoms with Gasteiger partial charge in [-0.3, -0.25) is 0 Å². The first-order valence-electron chi connectivity index (χ1n) is 8.25. The van der Waals surface area contributed by atoms with Crippen LogP contribution in [0.5, 0.6) is 0 Å². The molecule has 120 valence electrons. The van der Waals surface area contributed by atoms with Gasteiger partial charge in [0.1, 0.15) is 0 Å². The third-order valence-corrected chi connectivity index (χ3v) is 4.02. The summed E-state index contributed by atoms with van der Waals surface area (Å²) in [6, 6.07) is 19.3. The van der Waals surface area contributed by atoms with Gasteiger partial charge in [0.05, 0.1) is 6.61 Å². The van der Waals surface area contributed by atoms with Crippen LogP contribution in [-0.4, -0.2) is 11.7 Å². The quantitative estimate of drug-likeness (QED) is 0.664. The SMILES string of the molecule is C/C(=C\CO)CC/C=C(\C)Cc1ccc(-c2ccccc2)cc1. The molecule has 1 nitrogen and oxygen atoms in total. The Kier molecular flexibility index (Phi) is 6.83. The molecule has 1 N–H and O–H groups in total. The Bertz CT molecular complexity index is 648. The first kappa shape index (κ1) is 17.2. The number of aliphatic hydroxyl groups is 1. The Balaban J connectivity index is 1.91. The minimum atomic E-state index is 0.141. The van der Waals surface area contributed by atoms with Crippen molar-refractivity contribution in [1.82, 2.24) is 0 Å². The van der Waals surface area contributed by atoms with Gasteiger partial charge in [0.15, 0.2) is 0 Å². The van der Waals surface area contributed by atoms with Gasteiger partial charge in [-0.05, 0) is 49.8 Å². The number of benzene rings is 2. The molecule has 0 aliphatic heterocycles. The Morgan fingerprint density at radius 2 is 1.48 bits per heavy atom. The van der Waals surface area contributed by atoms with Gasteiger partial charge in [-0.15, -0.1) is 0 Å². The fourth-order valence-electron chi connectivity index (χ4n) is 2.64. The number of aliphatic hydroxyl groups excluding tert-OH is 1. The van der Waals surface area contributed by atoms with E-state index in [1.54, 1.807) is 0 Å². The number of allylic oxidation sites excluding steroid dienone is 3. The average Bonchev–Trinajstić information content (AvgIpc) is 2.56. The molecule has 0 unspecified atom stereocenters. The summed E-state index contributed by atoms with van der Waals surface area (Å²) in [5.74, 6) is 0. The second-order valence-electron chi connectivity index (χ2n) is 6.06. The summed E-state index contributed by atoms with van der Waals surface area (Å²) in [4.78, 5) is 0. The van der Waals surface area contributed by atoms with Crippen LogP contribution in [0.3, 0.4) is 0 Å². The molecule has 0 atom stereocenters. The van der Waals surface area contributed by atoms with Gasteiger partial charge in [-0.25, -0.2) is 0 Å². The zero-order chi connectivity index (χ0) is 16.5. The van der Waals surface area contributed by atoms with Gasteiger partial charge in [0.2, 0.25) is 0 Å². The molecule has 23 heavy (non-hydrogen) atoms. The number of rotatable bonds is 7. The van der Waals surface area contributed by atoms with Crippen molar-refractivity contribution in [3.8, 4) is 11.1 Å². The van der Waals surface area contributed by atoms with Gasteiger partial charge >= 0.3 is 0 Å². The van der Waals surface area contributed by atoms with Gasteiger partial charge in [-0.1, -0.05) is 77.9 Å². The molecule has 0 radical (unpaired) electrons. The Hall–Kier alpha value is -2.12. The molecule has 0 saturated carbocycles. The third-order valence-electron chi connectivity index (χ3n) is 4.02.